The number of hydrogen-bond donors (Lipinski definition) is 1. The Bertz CT molecular complexity index is 470. The fraction of sp³-hybridized carbons (Fsp3) is 0.625. The highest BCUT2D eigenvalue weighted by molar-refractivity contribution is 6.31. The van der Waals surface area contributed by atoms with Crippen LogP contribution in [0, 0.1) is 17.0 Å². The third-order valence-electron chi connectivity index (χ3n) is 3.97. The van der Waals surface area contributed by atoms with Crippen LogP contribution in [0.25, 0.3) is 0 Å². The van der Waals surface area contributed by atoms with Crippen LogP contribution in [0.15, 0.2) is 12.1 Å². The summed E-state index contributed by atoms with van der Waals surface area (Å²) in [5.41, 5.74) is 0.851. The molecule has 1 N–H and O–H groups in total. The number of benzene rings is 1. The minimum atomic E-state index is -0.883. The van der Waals surface area contributed by atoms with Gasteiger partial charge >= 0.3 is 0 Å². The van der Waals surface area contributed by atoms with Gasteiger partial charge in [0.2, 0.25) is 0 Å². The third-order valence-corrected chi connectivity index (χ3v) is 4.32. The van der Waals surface area contributed by atoms with Gasteiger partial charge < -0.3 is 5.32 Å². The van der Waals surface area contributed by atoms with Crippen LogP contribution in [-0.2, 0) is 6.42 Å². The van der Waals surface area contributed by atoms with Crippen LogP contribution in [0.4, 0.5) is 8.78 Å². The van der Waals surface area contributed by atoms with Crippen molar-refractivity contribution in [2.24, 2.45) is 5.41 Å². The van der Waals surface area contributed by atoms with E-state index in [1.54, 1.807) is 0 Å². The number of hydrogen-bond acceptors (Lipinski definition) is 1. The molecule has 0 bridgehead atoms. The van der Waals surface area contributed by atoms with E-state index in [-0.39, 0.29) is 5.41 Å². The average molecular weight is 302 g/mol. The number of rotatable bonds is 7. The average Bonchev–Trinajstić information content (AvgIpc) is 3.16. The lowest BCUT2D eigenvalue weighted by molar-refractivity contribution is 0.301. The fourth-order valence-electron chi connectivity index (χ4n) is 2.26. The minimum Gasteiger partial charge on any atom is -0.314 e. The molecule has 0 heterocycles. The molecule has 0 atom stereocenters. The van der Waals surface area contributed by atoms with E-state index in [0.29, 0.717) is 17.0 Å². The van der Waals surface area contributed by atoms with Crippen molar-refractivity contribution < 1.29 is 8.78 Å². The summed E-state index contributed by atoms with van der Waals surface area (Å²) in [4.78, 5) is 0. The van der Waals surface area contributed by atoms with Gasteiger partial charge in [0.25, 0.3) is 0 Å². The SMILES string of the molecule is CC(C)(CCNC1CC1)CCc1cc(F)c(F)cc1Cl. The Morgan fingerprint density at radius 2 is 1.85 bits per heavy atom. The van der Waals surface area contributed by atoms with E-state index in [9.17, 15) is 8.78 Å². The summed E-state index contributed by atoms with van der Waals surface area (Å²) in [7, 11) is 0. The quantitative estimate of drug-likeness (QED) is 0.719. The molecule has 1 aliphatic carbocycles. The second kappa shape index (κ2) is 6.40. The molecule has 0 saturated heterocycles. The van der Waals surface area contributed by atoms with Gasteiger partial charge in [0.05, 0.1) is 0 Å². The molecular weight excluding hydrogens is 280 g/mol. The molecule has 1 fully saturated rings. The highest BCUT2D eigenvalue weighted by Gasteiger charge is 2.23. The van der Waals surface area contributed by atoms with Gasteiger partial charge in [-0.25, -0.2) is 8.78 Å². The van der Waals surface area contributed by atoms with Gasteiger partial charge in [0.15, 0.2) is 11.6 Å². The van der Waals surface area contributed by atoms with E-state index >= 15 is 0 Å². The van der Waals surface area contributed by atoms with Crippen LogP contribution >= 0.6 is 11.6 Å². The van der Waals surface area contributed by atoms with Crippen LogP contribution in [0.3, 0.4) is 0 Å². The van der Waals surface area contributed by atoms with E-state index < -0.39 is 11.6 Å². The van der Waals surface area contributed by atoms with Crippen molar-refractivity contribution in [3.8, 4) is 0 Å². The van der Waals surface area contributed by atoms with Crippen LogP contribution in [0.1, 0.15) is 45.1 Å². The van der Waals surface area contributed by atoms with Crippen molar-refractivity contribution in [1.29, 1.82) is 0 Å². The molecule has 4 heteroatoms. The van der Waals surface area contributed by atoms with Gasteiger partial charge in [-0.2, -0.15) is 0 Å². The van der Waals surface area contributed by atoms with Gasteiger partial charge in [-0.1, -0.05) is 25.4 Å². The molecule has 0 amide bonds. The standard InChI is InChI=1S/C16H22ClF2N/c1-16(2,7-8-20-12-3-4-12)6-5-11-9-14(18)15(19)10-13(11)17/h9-10,12,20H,3-8H2,1-2H3. The number of nitrogens with one attached hydrogen (secondary N) is 1. The summed E-state index contributed by atoms with van der Waals surface area (Å²) in [6, 6.07) is 3.01. The van der Waals surface area contributed by atoms with Crippen LogP contribution in [0.5, 0.6) is 0 Å². The van der Waals surface area contributed by atoms with Crippen molar-refractivity contribution in [2.45, 2.75) is 52.0 Å². The normalized spacial score (nSPS) is 15.7. The fourth-order valence-corrected chi connectivity index (χ4v) is 2.50. The molecule has 2 rings (SSSR count). The Morgan fingerprint density at radius 1 is 1.20 bits per heavy atom. The summed E-state index contributed by atoms with van der Waals surface area (Å²) in [5.74, 6) is -1.70. The maximum atomic E-state index is 13.2. The molecule has 0 aromatic heterocycles. The lowest BCUT2D eigenvalue weighted by Crippen LogP contribution is -2.24. The highest BCUT2D eigenvalue weighted by atomic mass is 35.5. The van der Waals surface area contributed by atoms with E-state index in [2.05, 4.69) is 19.2 Å². The second-order valence-electron chi connectivity index (χ2n) is 6.50. The Balaban J connectivity index is 1.84. The molecule has 0 spiro atoms. The Kier molecular flexibility index (Phi) is 5.03. The zero-order chi connectivity index (χ0) is 14.8. The smallest absolute Gasteiger partial charge is 0.160 e. The molecule has 20 heavy (non-hydrogen) atoms. The summed E-state index contributed by atoms with van der Waals surface area (Å²) < 4.78 is 26.2. The molecule has 1 aromatic rings. The second-order valence-corrected chi connectivity index (χ2v) is 6.91. The zero-order valence-electron chi connectivity index (χ0n) is 12.1. The lowest BCUT2D eigenvalue weighted by Gasteiger charge is -2.25. The van der Waals surface area contributed by atoms with Gasteiger partial charge in [0, 0.05) is 11.1 Å². The number of halogens is 3. The molecular formula is C16H22ClF2N. The topological polar surface area (TPSA) is 12.0 Å². The Hall–Kier alpha value is -0.670. The maximum absolute atomic E-state index is 13.2. The molecule has 1 aliphatic rings. The first-order valence-electron chi connectivity index (χ1n) is 7.24. The van der Waals surface area contributed by atoms with Gasteiger partial charge in [-0.05, 0) is 61.8 Å². The van der Waals surface area contributed by atoms with Crippen molar-refractivity contribution in [3.05, 3.63) is 34.4 Å². The molecule has 1 nitrogen and oxygen atoms in total. The largest absolute Gasteiger partial charge is 0.314 e. The molecule has 0 unspecified atom stereocenters. The van der Waals surface area contributed by atoms with Crippen LogP contribution in [0.2, 0.25) is 5.02 Å². The predicted molar refractivity (Wildman–Crippen MR) is 79.1 cm³/mol. The first-order valence-corrected chi connectivity index (χ1v) is 7.62. The summed E-state index contributed by atoms with van der Waals surface area (Å²) in [6.45, 7) is 5.42. The predicted octanol–water partition coefficient (Wildman–Crippen LogP) is 4.72. The summed E-state index contributed by atoms with van der Waals surface area (Å²) in [5, 5.41) is 3.82. The van der Waals surface area contributed by atoms with E-state index in [4.69, 9.17) is 11.6 Å². The van der Waals surface area contributed by atoms with E-state index in [1.807, 2.05) is 0 Å². The van der Waals surface area contributed by atoms with E-state index in [0.717, 1.165) is 31.5 Å². The molecule has 1 aromatic carbocycles. The maximum Gasteiger partial charge on any atom is 0.160 e. The molecule has 0 radical (unpaired) electrons. The lowest BCUT2D eigenvalue weighted by atomic mass is 9.83. The Morgan fingerprint density at radius 3 is 2.50 bits per heavy atom. The summed E-state index contributed by atoms with van der Waals surface area (Å²) in [6.07, 6.45) is 5.25. The van der Waals surface area contributed by atoms with Gasteiger partial charge in [0.1, 0.15) is 0 Å². The van der Waals surface area contributed by atoms with Gasteiger partial charge in [-0.15, -0.1) is 0 Å². The monoisotopic (exact) mass is 301 g/mol. The summed E-state index contributed by atoms with van der Waals surface area (Å²) >= 11 is 5.97. The van der Waals surface area contributed by atoms with Crippen molar-refractivity contribution in [3.63, 3.8) is 0 Å². The minimum absolute atomic E-state index is 0.163. The third kappa shape index (κ3) is 4.71. The molecule has 1 saturated carbocycles. The van der Waals surface area contributed by atoms with Gasteiger partial charge in [-0.3, -0.25) is 0 Å². The first-order chi connectivity index (χ1) is 9.37. The zero-order valence-corrected chi connectivity index (χ0v) is 12.9. The highest BCUT2D eigenvalue weighted by Crippen LogP contribution is 2.30. The number of aryl methyl sites for hydroxylation is 1. The van der Waals surface area contributed by atoms with Crippen molar-refractivity contribution in [2.75, 3.05) is 6.54 Å². The van der Waals surface area contributed by atoms with Crippen molar-refractivity contribution >= 4 is 11.6 Å². The molecule has 112 valence electrons. The van der Waals surface area contributed by atoms with E-state index in [1.165, 1.54) is 18.9 Å². The molecule has 0 aliphatic heterocycles. The van der Waals surface area contributed by atoms with Crippen molar-refractivity contribution in [1.82, 2.24) is 5.32 Å². The Labute approximate surface area is 124 Å². The first kappa shape index (κ1) is 15.7. The van der Waals surface area contributed by atoms with Crippen LogP contribution in [-0.4, -0.2) is 12.6 Å². The van der Waals surface area contributed by atoms with Crippen LogP contribution < -0.4 is 5.32 Å².